The lowest BCUT2D eigenvalue weighted by Gasteiger charge is -2.35. The fraction of sp³-hybridized carbons (Fsp3) is 0.565. The predicted molar refractivity (Wildman–Crippen MR) is 115 cm³/mol. The minimum absolute atomic E-state index is 0.0254. The van der Waals surface area contributed by atoms with Crippen LogP contribution in [0.25, 0.3) is 10.9 Å². The highest BCUT2D eigenvalue weighted by Crippen LogP contribution is 2.53. The quantitative estimate of drug-likeness (QED) is 0.244. The number of halogens is 1. The molecular formula is C23H30FN3O4. The second-order valence-corrected chi connectivity index (χ2v) is 9.34. The van der Waals surface area contributed by atoms with E-state index < -0.39 is 17.3 Å². The van der Waals surface area contributed by atoms with Crippen LogP contribution in [0.2, 0.25) is 0 Å². The number of oxime groups is 1. The van der Waals surface area contributed by atoms with Crippen LogP contribution in [-0.2, 0) is 15.0 Å². The second kappa shape index (κ2) is 7.51. The average molecular weight is 432 g/mol. The van der Waals surface area contributed by atoms with Gasteiger partial charge in [0.2, 0.25) is 0 Å². The van der Waals surface area contributed by atoms with Gasteiger partial charge >= 0.3 is 5.97 Å². The Morgan fingerprint density at radius 1 is 1.39 bits per heavy atom. The molecule has 3 N–H and O–H groups in total. The van der Waals surface area contributed by atoms with Crippen molar-refractivity contribution in [1.82, 2.24) is 4.57 Å². The Morgan fingerprint density at radius 3 is 2.68 bits per heavy atom. The third kappa shape index (κ3) is 3.46. The van der Waals surface area contributed by atoms with Crippen molar-refractivity contribution in [2.24, 2.45) is 16.8 Å². The maximum absolute atomic E-state index is 15.6. The summed E-state index contributed by atoms with van der Waals surface area (Å²) in [6, 6.07) is 5.14. The molecule has 2 fully saturated rings. The number of fused-ring (bicyclic) bond motifs is 1. The lowest BCUT2D eigenvalue weighted by atomic mass is 9.83. The van der Waals surface area contributed by atoms with Gasteiger partial charge in [-0.05, 0) is 75.6 Å². The Kier molecular flexibility index (Phi) is 5.24. The molecule has 31 heavy (non-hydrogen) atoms. The number of aromatic nitrogens is 1. The summed E-state index contributed by atoms with van der Waals surface area (Å²) in [7, 11) is 0. The zero-order chi connectivity index (χ0) is 22.6. The van der Waals surface area contributed by atoms with Gasteiger partial charge in [-0.15, -0.1) is 0 Å². The Balaban J connectivity index is 1.90. The number of nitrogens with zero attached hydrogens (tertiary/aromatic N) is 2. The monoisotopic (exact) mass is 431 g/mol. The van der Waals surface area contributed by atoms with Crippen LogP contribution in [0.5, 0.6) is 0 Å². The van der Waals surface area contributed by atoms with Crippen LogP contribution < -0.4 is 5.73 Å². The van der Waals surface area contributed by atoms with Crippen molar-refractivity contribution in [3.8, 4) is 0 Å². The molecule has 1 aromatic carbocycles. The summed E-state index contributed by atoms with van der Waals surface area (Å²) in [5.74, 6) is -0.900. The number of benzene rings is 1. The smallest absolute Gasteiger partial charge is 0.355 e. The summed E-state index contributed by atoms with van der Waals surface area (Å²) >= 11 is 0. The molecule has 8 heteroatoms. The van der Waals surface area contributed by atoms with Crippen LogP contribution in [0.1, 0.15) is 68.9 Å². The van der Waals surface area contributed by atoms with Gasteiger partial charge in [-0.1, -0.05) is 12.1 Å². The number of hydrogen-bond acceptors (Lipinski definition) is 5. The van der Waals surface area contributed by atoms with Crippen molar-refractivity contribution in [1.29, 1.82) is 0 Å². The molecule has 0 radical (unpaired) electrons. The second-order valence-electron chi connectivity index (χ2n) is 9.34. The number of carbonyl (C=O) groups excluding carboxylic acids is 1. The molecule has 4 rings (SSSR count). The maximum Gasteiger partial charge on any atom is 0.355 e. The first-order valence-corrected chi connectivity index (χ1v) is 10.8. The van der Waals surface area contributed by atoms with E-state index in [4.69, 9.17) is 15.2 Å². The highest BCUT2D eigenvalue weighted by Gasteiger charge is 2.59. The van der Waals surface area contributed by atoms with Crippen LogP contribution in [0.3, 0.4) is 0 Å². The predicted octanol–water partition coefficient (Wildman–Crippen LogP) is 4.11. The summed E-state index contributed by atoms with van der Waals surface area (Å²) in [5, 5.41) is 13.2. The lowest BCUT2D eigenvalue weighted by molar-refractivity contribution is -0.0593. The van der Waals surface area contributed by atoms with Gasteiger partial charge in [-0.3, -0.25) is 0 Å². The number of rotatable bonds is 5. The Hall–Kier alpha value is -2.61. The Bertz CT molecular complexity index is 1060. The van der Waals surface area contributed by atoms with Crippen LogP contribution in [-0.4, -0.2) is 40.4 Å². The first kappa shape index (κ1) is 21.6. The first-order chi connectivity index (χ1) is 14.6. The largest absolute Gasteiger partial charge is 0.461 e. The third-order valence-electron chi connectivity index (χ3n) is 6.75. The molecule has 7 nitrogen and oxygen atoms in total. The SMILES string of the molecule is CCOC(=O)c1cc2cc([C@H]3CCOC(C)(C)C3)cc(F)c2n1[C@@]1(C(N)=NO)C[C@@H]1C. The van der Waals surface area contributed by atoms with Crippen LogP contribution >= 0.6 is 0 Å². The first-order valence-electron chi connectivity index (χ1n) is 10.8. The van der Waals surface area contributed by atoms with Gasteiger partial charge in [-0.2, -0.15) is 0 Å². The number of amidine groups is 1. The summed E-state index contributed by atoms with van der Waals surface area (Å²) in [4.78, 5) is 12.8. The van der Waals surface area contributed by atoms with E-state index in [0.29, 0.717) is 18.4 Å². The van der Waals surface area contributed by atoms with Crippen LogP contribution in [0.15, 0.2) is 23.4 Å². The number of nitrogens with two attached hydrogens (primary N) is 1. The number of esters is 1. The standard InChI is InChI=1S/C23H30FN3O4/c1-5-30-20(28)18-10-16-8-15(14-6-7-31-22(3,4)12-14)9-17(24)19(16)27(18)23(11-13(23)2)21(25)26-29/h8-10,13-14,29H,5-7,11-12H2,1-4H3,(H2,25,26)/t13-,14-,23-/m0/s1. The van der Waals surface area contributed by atoms with E-state index >= 15 is 4.39 Å². The molecule has 1 aliphatic heterocycles. The Morgan fingerprint density at radius 2 is 2.10 bits per heavy atom. The molecule has 0 spiro atoms. The average Bonchev–Trinajstić information content (AvgIpc) is 3.22. The van der Waals surface area contributed by atoms with E-state index in [0.717, 1.165) is 18.4 Å². The van der Waals surface area contributed by atoms with E-state index in [1.807, 2.05) is 26.8 Å². The molecule has 1 saturated carbocycles. The fourth-order valence-electron chi connectivity index (χ4n) is 5.12. The topological polar surface area (TPSA) is 99.1 Å². The van der Waals surface area contributed by atoms with Crippen LogP contribution in [0, 0.1) is 11.7 Å². The highest BCUT2D eigenvalue weighted by molar-refractivity contribution is 6.00. The molecule has 168 valence electrons. The zero-order valence-corrected chi connectivity index (χ0v) is 18.4. The van der Waals surface area contributed by atoms with Crippen molar-refractivity contribution < 1.29 is 23.9 Å². The van der Waals surface area contributed by atoms with Crippen molar-refractivity contribution >= 4 is 22.7 Å². The van der Waals surface area contributed by atoms with E-state index in [9.17, 15) is 10.0 Å². The summed E-state index contributed by atoms with van der Waals surface area (Å²) in [6.45, 7) is 8.54. The maximum atomic E-state index is 15.6. The van der Waals surface area contributed by atoms with Gasteiger partial charge in [0.15, 0.2) is 5.84 Å². The Labute approximate surface area is 181 Å². The lowest BCUT2D eigenvalue weighted by Crippen LogP contribution is -2.38. The minimum atomic E-state index is -0.957. The molecule has 2 aromatic rings. The van der Waals surface area contributed by atoms with Gasteiger partial charge in [0.25, 0.3) is 0 Å². The fourth-order valence-corrected chi connectivity index (χ4v) is 5.12. The molecule has 1 aliphatic carbocycles. The zero-order valence-electron chi connectivity index (χ0n) is 18.4. The van der Waals surface area contributed by atoms with Gasteiger partial charge < -0.3 is 25.0 Å². The van der Waals surface area contributed by atoms with Gasteiger partial charge in [-0.25, -0.2) is 9.18 Å². The molecule has 1 aromatic heterocycles. The molecule has 2 aliphatic rings. The summed E-state index contributed by atoms with van der Waals surface area (Å²) < 4.78 is 28.3. The summed E-state index contributed by atoms with van der Waals surface area (Å²) in [5.41, 5.74) is 6.18. The van der Waals surface area contributed by atoms with Gasteiger partial charge in [0.1, 0.15) is 17.1 Å². The van der Waals surface area contributed by atoms with Gasteiger partial charge in [0.05, 0.1) is 17.7 Å². The molecule has 0 unspecified atom stereocenters. The van der Waals surface area contributed by atoms with Crippen molar-refractivity contribution in [3.05, 3.63) is 35.3 Å². The minimum Gasteiger partial charge on any atom is -0.461 e. The summed E-state index contributed by atoms with van der Waals surface area (Å²) in [6.07, 6.45) is 2.13. The number of carbonyl (C=O) groups is 1. The molecule has 3 atom stereocenters. The van der Waals surface area contributed by atoms with Crippen molar-refractivity contribution in [2.75, 3.05) is 13.2 Å². The molecule has 2 heterocycles. The highest BCUT2D eigenvalue weighted by atomic mass is 19.1. The third-order valence-corrected chi connectivity index (χ3v) is 6.75. The van der Waals surface area contributed by atoms with E-state index in [1.165, 1.54) is 0 Å². The van der Waals surface area contributed by atoms with Crippen LogP contribution in [0.4, 0.5) is 4.39 Å². The van der Waals surface area contributed by atoms with Crippen molar-refractivity contribution in [2.45, 2.75) is 64.0 Å². The molecular weight excluding hydrogens is 401 g/mol. The molecule has 0 bridgehead atoms. The van der Waals surface area contributed by atoms with Gasteiger partial charge in [0, 0.05) is 12.0 Å². The van der Waals surface area contributed by atoms with E-state index in [2.05, 4.69) is 5.16 Å². The number of hydrogen-bond donors (Lipinski definition) is 2. The number of ether oxygens (including phenoxy) is 2. The van der Waals surface area contributed by atoms with Crippen molar-refractivity contribution in [3.63, 3.8) is 0 Å². The van der Waals surface area contributed by atoms with E-state index in [1.54, 1.807) is 23.6 Å². The van der Waals surface area contributed by atoms with E-state index in [-0.39, 0.29) is 41.1 Å². The normalized spacial score (nSPS) is 28.0. The molecule has 1 saturated heterocycles. The molecule has 0 amide bonds.